The van der Waals surface area contributed by atoms with E-state index in [1.165, 1.54) is 83.5 Å². The maximum atomic E-state index is 11.6. The fraction of sp³-hybridized carbons (Fsp3) is 0.812. The Morgan fingerprint density at radius 3 is 1.97 bits per heavy atom. The van der Waals surface area contributed by atoms with Gasteiger partial charge in [0.15, 0.2) is 12.4 Å². The number of aldehydes is 1. The molecule has 3 unspecified atom stereocenters. The summed E-state index contributed by atoms with van der Waals surface area (Å²) in [5, 5.41) is 0. The molecule has 1 saturated heterocycles. The highest BCUT2D eigenvalue weighted by atomic mass is 16.5. The third-order valence-electron chi connectivity index (χ3n) is 8.12. The van der Waals surface area contributed by atoms with Gasteiger partial charge in [-0.15, -0.1) is 0 Å². The SMILES string of the molecule is CCCCCCCCCCCCCCCCOCC(CC[n+]1ccccc1)(CC(C=O)OC)C1CCO1. The van der Waals surface area contributed by atoms with Crippen molar-refractivity contribution in [1.29, 1.82) is 0 Å². The van der Waals surface area contributed by atoms with Gasteiger partial charge in [0.25, 0.3) is 0 Å². The molecule has 0 aromatic carbocycles. The van der Waals surface area contributed by atoms with Crippen LogP contribution < -0.4 is 4.57 Å². The van der Waals surface area contributed by atoms with Gasteiger partial charge in [-0.2, -0.15) is 0 Å². The predicted molar refractivity (Wildman–Crippen MR) is 151 cm³/mol. The van der Waals surface area contributed by atoms with Crippen molar-refractivity contribution in [2.45, 2.75) is 135 Å². The lowest BCUT2D eigenvalue weighted by Gasteiger charge is -2.45. The minimum atomic E-state index is -0.422. The second-order valence-electron chi connectivity index (χ2n) is 11.1. The number of carbonyl (C=O) groups excluding carboxylic acids is 1. The van der Waals surface area contributed by atoms with Gasteiger partial charge in [0, 0.05) is 44.3 Å². The Balaban J connectivity index is 1.63. The number of nitrogens with zero attached hydrogens (tertiary/aromatic N) is 1. The number of rotatable bonds is 25. The number of pyridine rings is 1. The molecule has 2 rings (SSSR count). The summed E-state index contributed by atoms with van der Waals surface area (Å²) in [4.78, 5) is 11.6. The first-order chi connectivity index (χ1) is 18.2. The van der Waals surface area contributed by atoms with Gasteiger partial charge in [-0.25, -0.2) is 4.57 Å². The number of ether oxygens (including phenoxy) is 3. The quantitative estimate of drug-likeness (QED) is 0.0777. The third kappa shape index (κ3) is 13.4. The first-order valence-corrected chi connectivity index (χ1v) is 15.4. The van der Waals surface area contributed by atoms with Gasteiger partial charge in [0.1, 0.15) is 18.9 Å². The van der Waals surface area contributed by atoms with Gasteiger partial charge in [-0.1, -0.05) is 96.5 Å². The molecule has 2 heterocycles. The summed E-state index contributed by atoms with van der Waals surface area (Å²) in [7, 11) is 1.62. The Kier molecular flexibility index (Phi) is 17.8. The highest BCUT2D eigenvalue weighted by molar-refractivity contribution is 5.56. The monoisotopic (exact) mass is 518 g/mol. The van der Waals surface area contributed by atoms with Crippen molar-refractivity contribution in [2.75, 3.05) is 26.9 Å². The fourth-order valence-electron chi connectivity index (χ4n) is 5.53. The number of carbonyl (C=O) groups is 1. The number of hydrogen-bond acceptors (Lipinski definition) is 4. The van der Waals surface area contributed by atoms with Gasteiger partial charge in [-0.3, -0.25) is 0 Å². The molecule has 1 fully saturated rings. The summed E-state index contributed by atoms with van der Waals surface area (Å²) in [5.74, 6) is 0. The van der Waals surface area contributed by atoms with Crippen LogP contribution in [0.15, 0.2) is 30.6 Å². The zero-order valence-electron chi connectivity index (χ0n) is 24.0. The summed E-state index contributed by atoms with van der Waals surface area (Å²) in [6.07, 6.45) is 26.4. The smallest absolute Gasteiger partial charge is 0.168 e. The molecule has 0 bridgehead atoms. The average Bonchev–Trinajstić information content (AvgIpc) is 2.90. The second kappa shape index (κ2) is 20.6. The molecule has 0 amide bonds. The Morgan fingerprint density at radius 1 is 0.919 bits per heavy atom. The Labute approximate surface area is 227 Å². The van der Waals surface area contributed by atoms with Gasteiger partial charge in [0.2, 0.25) is 0 Å². The van der Waals surface area contributed by atoms with E-state index in [2.05, 4.69) is 36.0 Å². The molecule has 3 atom stereocenters. The molecule has 5 nitrogen and oxygen atoms in total. The van der Waals surface area contributed by atoms with Crippen LogP contribution in [-0.4, -0.2) is 45.4 Å². The molecule has 1 aliphatic heterocycles. The van der Waals surface area contributed by atoms with Crippen LogP contribution in [0.2, 0.25) is 0 Å². The first kappa shape index (κ1) is 31.9. The molecule has 1 aromatic heterocycles. The van der Waals surface area contributed by atoms with Gasteiger partial charge in [-0.05, 0) is 19.3 Å². The Bertz CT molecular complexity index is 666. The highest BCUT2D eigenvalue weighted by Crippen LogP contribution is 2.40. The van der Waals surface area contributed by atoms with E-state index in [1.807, 2.05) is 6.07 Å². The fourth-order valence-corrected chi connectivity index (χ4v) is 5.53. The van der Waals surface area contributed by atoms with Crippen molar-refractivity contribution < 1.29 is 23.6 Å². The number of hydrogen-bond donors (Lipinski definition) is 0. The molecule has 0 spiro atoms. The summed E-state index contributed by atoms with van der Waals surface area (Å²) in [6, 6.07) is 6.14. The summed E-state index contributed by atoms with van der Waals surface area (Å²) in [5.41, 5.74) is -0.210. The molecule has 212 valence electrons. The number of methoxy groups -OCH3 is 1. The lowest BCUT2D eigenvalue weighted by Crippen LogP contribution is -2.51. The molecule has 0 saturated carbocycles. The Hall–Kier alpha value is -1.30. The largest absolute Gasteiger partial charge is 0.381 e. The maximum absolute atomic E-state index is 11.6. The van der Waals surface area contributed by atoms with Crippen molar-refractivity contribution in [3.63, 3.8) is 0 Å². The van der Waals surface area contributed by atoms with E-state index in [1.54, 1.807) is 7.11 Å². The van der Waals surface area contributed by atoms with Crippen LogP contribution in [-0.2, 0) is 25.5 Å². The minimum Gasteiger partial charge on any atom is -0.381 e. The average molecular weight is 519 g/mol. The molecule has 0 aliphatic carbocycles. The van der Waals surface area contributed by atoms with Crippen molar-refractivity contribution >= 4 is 6.29 Å². The first-order valence-electron chi connectivity index (χ1n) is 15.4. The zero-order chi connectivity index (χ0) is 26.4. The van der Waals surface area contributed by atoms with Crippen molar-refractivity contribution in [3.8, 4) is 0 Å². The molecule has 1 aromatic rings. The van der Waals surface area contributed by atoms with E-state index in [-0.39, 0.29) is 11.5 Å². The molecular formula is C32H56NO4+. The summed E-state index contributed by atoms with van der Waals surface area (Å²) < 4.78 is 19.9. The number of unbranched alkanes of at least 4 members (excludes halogenated alkanes) is 13. The van der Waals surface area contributed by atoms with Crippen LogP contribution in [0, 0.1) is 5.41 Å². The third-order valence-corrected chi connectivity index (χ3v) is 8.12. The topological polar surface area (TPSA) is 48.6 Å². The zero-order valence-corrected chi connectivity index (χ0v) is 24.0. The lowest BCUT2D eigenvalue weighted by molar-refractivity contribution is -0.699. The van der Waals surface area contributed by atoms with Crippen LogP contribution in [0.25, 0.3) is 0 Å². The molecular weight excluding hydrogens is 462 g/mol. The number of aromatic nitrogens is 1. The minimum absolute atomic E-state index is 0.130. The number of aryl methyl sites for hydroxylation is 1. The van der Waals surface area contributed by atoms with Crippen molar-refractivity contribution in [1.82, 2.24) is 0 Å². The van der Waals surface area contributed by atoms with Crippen LogP contribution in [0.4, 0.5) is 0 Å². The van der Waals surface area contributed by atoms with E-state index in [0.29, 0.717) is 13.0 Å². The summed E-state index contributed by atoms with van der Waals surface area (Å²) in [6.45, 7) is 5.35. The van der Waals surface area contributed by atoms with Crippen molar-refractivity contribution in [2.24, 2.45) is 5.41 Å². The van der Waals surface area contributed by atoms with Gasteiger partial charge >= 0.3 is 0 Å². The standard InChI is InChI=1S/C32H56NO4/c1-3-4-5-6-7-8-9-10-11-12-13-14-15-19-25-36-29-32(31-20-26-37-31,27-30(28-34)35-2)21-24-33-22-17-16-18-23-33/h16-18,22-23,28,30-31H,3-15,19-21,24-27,29H2,1-2H3/q+1. The van der Waals surface area contributed by atoms with Crippen LogP contribution in [0.5, 0.6) is 0 Å². The second-order valence-corrected chi connectivity index (χ2v) is 11.1. The molecule has 37 heavy (non-hydrogen) atoms. The molecule has 1 aliphatic rings. The van der Waals surface area contributed by atoms with E-state index in [9.17, 15) is 4.79 Å². The predicted octanol–water partition coefficient (Wildman–Crippen LogP) is 7.24. The van der Waals surface area contributed by atoms with Gasteiger partial charge in [0.05, 0.1) is 12.7 Å². The van der Waals surface area contributed by atoms with E-state index in [4.69, 9.17) is 14.2 Å². The highest BCUT2D eigenvalue weighted by Gasteiger charge is 2.45. The van der Waals surface area contributed by atoms with Crippen LogP contribution in [0.3, 0.4) is 0 Å². The Morgan fingerprint density at radius 2 is 1.49 bits per heavy atom. The maximum Gasteiger partial charge on any atom is 0.168 e. The van der Waals surface area contributed by atoms with Crippen LogP contribution in [0.1, 0.15) is 116 Å². The molecule has 0 radical (unpaired) electrons. The molecule has 5 heteroatoms. The van der Waals surface area contributed by atoms with E-state index >= 15 is 0 Å². The van der Waals surface area contributed by atoms with E-state index < -0.39 is 6.10 Å². The lowest BCUT2D eigenvalue weighted by atomic mass is 9.72. The normalized spacial score (nSPS) is 17.7. The van der Waals surface area contributed by atoms with Crippen molar-refractivity contribution in [3.05, 3.63) is 30.6 Å². The van der Waals surface area contributed by atoms with Gasteiger partial charge < -0.3 is 19.0 Å². The van der Waals surface area contributed by atoms with Crippen LogP contribution >= 0.6 is 0 Å². The van der Waals surface area contributed by atoms with E-state index in [0.717, 1.165) is 45.3 Å². The molecule has 0 N–H and O–H groups in total. The summed E-state index contributed by atoms with van der Waals surface area (Å²) >= 11 is 0.